The number of carbonyl (C=O) groups is 1. The van der Waals surface area contributed by atoms with Crippen LogP contribution in [0.1, 0.15) is 37.7 Å². The smallest absolute Gasteiger partial charge is 0.453 e. The standard InChI is InChI=1S/C66H52NO8P/c1-38(39-17-7-6-8-18-39)16-15-25-58(68)67-52-23-13-14-24-53(52)73-76-74-65-48(34-56(71-4)50-36-54(69-2)46-32-30-42-28-26-40-19-9-11-21-44(40)59(42)61(46)63(50)65)49-35-57(72-5)51-37-55(70-3)47-33-31-43-29-27-41-20-10-12-22-45(41)60(43)62(47)64(51)66(49)75-76/h6-14,17-24,26-38H,15-16,25H2,1-5H3,(H,67,68)/t38-/m0/s1. The second-order valence-electron chi connectivity index (χ2n) is 19.4. The van der Waals surface area contributed by atoms with E-state index in [-0.39, 0.29) is 5.91 Å². The van der Waals surface area contributed by atoms with Crippen molar-refractivity contribution in [3.8, 4) is 28.7 Å². The fraction of sp³-hybridized carbons (Fsp3) is 0.136. The highest BCUT2D eigenvalue weighted by Gasteiger charge is 2.26. The fourth-order valence-corrected chi connectivity index (χ4v) is 12.7. The topological polar surface area (TPSA) is 102 Å². The number of ether oxygens (including phenoxy) is 4. The van der Waals surface area contributed by atoms with Crippen LogP contribution in [0, 0.1) is 0 Å². The average Bonchev–Trinajstić information content (AvgIpc) is 3.80. The third-order valence-electron chi connectivity index (χ3n) is 15.2. The number of para-hydroxylation sites is 2. The van der Waals surface area contributed by atoms with Crippen molar-refractivity contribution in [1.82, 2.24) is 0 Å². The second kappa shape index (κ2) is 19.1. The van der Waals surface area contributed by atoms with Crippen LogP contribution in [0.2, 0.25) is 0 Å². The molecule has 9 nitrogen and oxygen atoms in total. The SMILES string of the molecule is COc1cc2c3cc(OC)c4cc(OC)c5ccc6ccc7ccccc7c6c5c4c3op(Oc3ccccc3NC(=O)CCC[C@H](C)c3ccccc3)oc2c2c1cc(OC)c1ccc3ccc4ccccc4c3c12. The number of methoxy groups -OCH3 is 4. The summed E-state index contributed by atoms with van der Waals surface area (Å²) in [6.07, 6.45) is 1.93. The van der Waals surface area contributed by atoms with Crippen LogP contribution < -0.4 is 28.8 Å². The van der Waals surface area contributed by atoms with Crippen LogP contribution in [0.4, 0.5) is 5.69 Å². The molecule has 374 valence electrons. The third-order valence-corrected chi connectivity index (χ3v) is 16.2. The molecule has 12 aromatic carbocycles. The van der Waals surface area contributed by atoms with E-state index in [9.17, 15) is 4.79 Å². The number of anilines is 1. The van der Waals surface area contributed by atoms with Crippen molar-refractivity contribution in [2.45, 2.75) is 32.1 Å². The first-order valence-corrected chi connectivity index (χ1v) is 26.6. The van der Waals surface area contributed by atoms with E-state index in [4.69, 9.17) is 31.9 Å². The number of rotatable bonds is 12. The molecular weight excluding hydrogens is 966 g/mol. The van der Waals surface area contributed by atoms with Crippen LogP contribution in [0.15, 0.2) is 184 Å². The maximum absolute atomic E-state index is 13.9. The van der Waals surface area contributed by atoms with Gasteiger partial charge in [0, 0.05) is 60.3 Å². The number of hydrogen-bond acceptors (Lipinski definition) is 8. The average molecular weight is 1020 g/mol. The molecule has 76 heavy (non-hydrogen) atoms. The molecule has 0 aliphatic rings. The summed E-state index contributed by atoms with van der Waals surface area (Å²) in [5.41, 5.74) is 2.81. The molecule has 1 aromatic heterocycles. The van der Waals surface area contributed by atoms with Gasteiger partial charge in [-0.2, -0.15) is 0 Å². The van der Waals surface area contributed by atoms with Crippen LogP contribution in [0.25, 0.3) is 108 Å². The van der Waals surface area contributed by atoms with Crippen molar-refractivity contribution in [1.29, 1.82) is 0 Å². The van der Waals surface area contributed by atoms with Gasteiger partial charge in [0.2, 0.25) is 5.91 Å². The first-order valence-electron chi connectivity index (χ1n) is 25.5. The van der Waals surface area contributed by atoms with Gasteiger partial charge < -0.3 is 37.2 Å². The Labute approximate surface area is 438 Å². The molecule has 0 unspecified atom stereocenters. The van der Waals surface area contributed by atoms with E-state index in [0.29, 0.717) is 68.7 Å². The van der Waals surface area contributed by atoms with Gasteiger partial charge >= 0.3 is 8.24 Å². The van der Waals surface area contributed by atoms with Gasteiger partial charge in [-0.1, -0.05) is 134 Å². The number of benzene rings is 12. The Balaban J connectivity index is 1.15. The predicted molar refractivity (Wildman–Crippen MR) is 312 cm³/mol. The van der Waals surface area contributed by atoms with Crippen molar-refractivity contribution in [2.24, 2.45) is 0 Å². The normalized spacial score (nSPS) is 12.2. The molecule has 0 saturated carbocycles. The summed E-state index contributed by atoms with van der Waals surface area (Å²) in [4.78, 5) is 13.9. The van der Waals surface area contributed by atoms with Gasteiger partial charge in [-0.15, -0.1) is 0 Å². The van der Waals surface area contributed by atoms with Gasteiger partial charge in [0.15, 0.2) is 16.9 Å². The maximum atomic E-state index is 13.9. The van der Waals surface area contributed by atoms with Gasteiger partial charge in [0.05, 0.1) is 34.1 Å². The lowest BCUT2D eigenvalue weighted by Gasteiger charge is -2.17. The molecule has 13 rings (SSSR count). The van der Waals surface area contributed by atoms with Gasteiger partial charge in [-0.05, 0) is 116 Å². The van der Waals surface area contributed by atoms with Crippen LogP contribution in [-0.2, 0) is 4.79 Å². The molecule has 0 fully saturated rings. The lowest BCUT2D eigenvalue weighted by Crippen LogP contribution is -2.12. The Morgan fingerprint density at radius 3 is 1.43 bits per heavy atom. The van der Waals surface area contributed by atoms with E-state index in [1.165, 1.54) is 5.56 Å². The van der Waals surface area contributed by atoms with E-state index in [2.05, 4.69) is 134 Å². The minimum atomic E-state index is -2.39. The first kappa shape index (κ1) is 46.8. The van der Waals surface area contributed by atoms with Crippen LogP contribution in [0.3, 0.4) is 0 Å². The number of nitrogens with one attached hydrogen (secondary N) is 1. The summed E-state index contributed by atoms with van der Waals surface area (Å²) in [6.45, 7) is 2.20. The van der Waals surface area contributed by atoms with Crippen molar-refractivity contribution < 1.29 is 36.7 Å². The van der Waals surface area contributed by atoms with E-state index >= 15 is 0 Å². The fourth-order valence-electron chi connectivity index (χ4n) is 11.6. The van der Waals surface area contributed by atoms with E-state index in [1.807, 2.05) is 54.6 Å². The summed E-state index contributed by atoms with van der Waals surface area (Å²) < 4.78 is 47.4. The molecule has 0 aliphatic carbocycles. The van der Waals surface area contributed by atoms with Gasteiger partial charge in [0.1, 0.15) is 23.0 Å². The zero-order chi connectivity index (χ0) is 51.6. The molecule has 0 aliphatic heterocycles. The quantitative estimate of drug-likeness (QED) is 0.121. The number of fused-ring (bicyclic) bond motifs is 19. The molecule has 1 amide bonds. The zero-order valence-electron chi connectivity index (χ0n) is 42.7. The Morgan fingerprint density at radius 1 is 0.447 bits per heavy atom. The largest absolute Gasteiger partial charge is 0.496 e. The molecule has 10 heteroatoms. The molecule has 0 bridgehead atoms. The third kappa shape index (κ3) is 7.72. The van der Waals surface area contributed by atoms with Crippen molar-refractivity contribution >= 4 is 128 Å². The number of hydrogen-bond donors (Lipinski definition) is 1. The minimum absolute atomic E-state index is 0.113. The lowest BCUT2D eigenvalue weighted by molar-refractivity contribution is -0.116. The Morgan fingerprint density at radius 2 is 0.895 bits per heavy atom. The van der Waals surface area contributed by atoms with Crippen molar-refractivity contribution in [2.75, 3.05) is 33.8 Å². The van der Waals surface area contributed by atoms with E-state index in [1.54, 1.807) is 28.4 Å². The van der Waals surface area contributed by atoms with Crippen molar-refractivity contribution in [3.05, 3.63) is 181 Å². The highest BCUT2D eigenvalue weighted by Crippen LogP contribution is 2.53. The Bertz CT molecular complexity index is 4320. The molecule has 0 spiro atoms. The number of amides is 1. The minimum Gasteiger partial charge on any atom is -0.496 e. The van der Waals surface area contributed by atoms with Crippen LogP contribution in [0.5, 0.6) is 28.7 Å². The van der Waals surface area contributed by atoms with E-state index < -0.39 is 8.24 Å². The molecular formula is C66H52NO8P. The summed E-state index contributed by atoms with van der Waals surface area (Å²) in [5, 5.41) is 19.9. The molecule has 0 saturated heterocycles. The zero-order valence-corrected chi connectivity index (χ0v) is 43.5. The summed E-state index contributed by atoms with van der Waals surface area (Å²) in [5.74, 6) is 3.18. The molecule has 1 atom stereocenters. The van der Waals surface area contributed by atoms with Gasteiger partial charge in [-0.3, -0.25) is 4.79 Å². The summed E-state index contributed by atoms with van der Waals surface area (Å²) in [7, 11) is 4.38. The highest BCUT2D eigenvalue weighted by molar-refractivity contribution is 7.32. The molecule has 13 aromatic rings. The summed E-state index contributed by atoms with van der Waals surface area (Å²) >= 11 is 0. The number of carbonyl (C=O) groups excluding carboxylic acids is 1. The van der Waals surface area contributed by atoms with E-state index in [0.717, 1.165) is 99.0 Å². The van der Waals surface area contributed by atoms with Crippen LogP contribution >= 0.6 is 8.24 Å². The van der Waals surface area contributed by atoms with Gasteiger partial charge in [-0.25, -0.2) is 0 Å². The molecule has 1 heterocycles. The first-order chi connectivity index (χ1) is 37.3. The predicted octanol–water partition coefficient (Wildman–Crippen LogP) is 18.3. The summed E-state index contributed by atoms with van der Waals surface area (Å²) in [6, 6.07) is 60.0. The second-order valence-corrected chi connectivity index (χ2v) is 20.4. The molecule has 1 N–H and O–H groups in total. The maximum Gasteiger partial charge on any atom is 0.453 e. The lowest BCUT2D eigenvalue weighted by atomic mass is 9.90. The molecule has 0 radical (unpaired) electrons. The monoisotopic (exact) mass is 1020 g/mol. The van der Waals surface area contributed by atoms with Gasteiger partial charge in [0.25, 0.3) is 0 Å². The Hall–Kier alpha value is -8.91. The van der Waals surface area contributed by atoms with Crippen molar-refractivity contribution in [3.63, 3.8) is 0 Å². The Kier molecular flexibility index (Phi) is 11.8. The highest BCUT2D eigenvalue weighted by atomic mass is 31.1. The van der Waals surface area contributed by atoms with Crippen LogP contribution in [-0.4, -0.2) is 34.3 Å².